The summed E-state index contributed by atoms with van der Waals surface area (Å²) in [5.41, 5.74) is 2.45. The van der Waals surface area contributed by atoms with Gasteiger partial charge >= 0.3 is 0 Å². The molecule has 0 atom stereocenters. The van der Waals surface area contributed by atoms with Crippen LogP contribution >= 0.6 is 0 Å². The Balaban J connectivity index is 2.09. The number of halogens is 2. The normalized spacial score (nSPS) is 10.7. The van der Waals surface area contributed by atoms with Gasteiger partial charge in [-0.3, -0.25) is 4.68 Å². The molecule has 0 radical (unpaired) electrons. The van der Waals surface area contributed by atoms with Gasteiger partial charge < -0.3 is 5.32 Å². The number of rotatable bonds is 4. The molecule has 0 unspecified atom stereocenters. The van der Waals surface area contributed by atoms with Crippen molar-refractivity contribution < 1.29 is 8.78 Å². The summed E-state index contributed by atoms with van der Waals surface area (Å²) in [6, 6.07) is 3.50. The lowest BCUT2D eigenvalue weighted by Gasteiger charge is -2.07. The van der Waals surface area contributed by atoms with Gasteiger partial charge in [0.1, 0.15) is 11.6 Å². The van der Waals surface area contributed by atoms with Crippen molar-refractivity contribution in [1.82, 2.24) is 9.78 Å². The molecule has 2 rings (SSSR count). The minimum absolute atomic E-state index is 0.366. The van der Waals surface area contributed by atoms with E-state index in [9.17, 15) is 8.78 Å². The van der Waals surface area contributed by atoms with E-state index >= 15 is 0 Å². The van der Waals surface area contributed by atoms with E-state index in [-0.39, 0.29) is 0 Å². The minimum atomic E-state index is -0.562. The number of benzene rings is 1. The smallest absolute Gasteiger partial charge is 0.126 e. The van der Waals surface area contributed by atoms with E-state index in [0.29, 0.717) is 12.1 Å². The highest BCUT2D eigenvalue weighted by Gasteiger charge is 2.05. The molecule has 18 heavy (non-hydrogen) atoms. The third-order valence-electron chi connectivity index (χ3n) is 2.81. The summed E-state index contributed by atoms with van der Waals surface area (Å²) in [5, 5.41) is 7.31. The zero-order valence-electron chi connectivity index (χ0n) is 10.4. The molecule has 3 nitrogen and oxygen atoms in total. The lowest BCUT2D eigenvalue weighted by molar-refractivity contribution is 0.580. The number of hydrogen-bond acceptors (Lipinski definition) is 2. The molecule has 96 valence electrons. The van der Waals surface area contributed by atoms with Crippen LogP contribution in [0.25, 0.3) is 0 Å². The van der Waals surface area contributed by atoms with Crippen molar-refractivity contribution in [3.63, 3.8) is 0 Å². The molecule has 0 saturated heterocycles. The van der Waals surface area contributed by atoms with Crippen molar-refractivity contribution in [1.29, 1.82) is 0 Å². The Morgan fingerprint density at radius 1 is 1.22 bits per heavy atom. The molecule has 0 saturated carbocycles. The van der Waals surface area contributed by atoms with E-state index in [2.05, 4.69) is 10.4 Å². The van der Waals surface area contributed by atoms with Gasteiger partial charge in [-0.1, -0.05) is 0 Å². The first-order valence-electron chi connectivity index (χ1n) is 5.81. The average molecular weight is 251 g/mol. The molecule has 0 bridgehead atoms. The molecular weight excluding hydrogens is 236 g/mol. The number of hydrogen-bond donors (Lipinski definition) is 1. The second-order valence-electron chi connectivity index (χ2n) is 4.09. The van der Waals surface area contributed by atoms with Crippen LogP contribution in [0.4, 0.5) is 14.5 Å². The first-order chi connectivity index (χ1) is 8.60. The molecule has 0 spiro atoms. The van der Waals surface area contributed by atoms with Gasteiger partial charge in [-0.05, 0) is 31.5 Å². The molecular formula is C13H15F2N3. The molecule has 0 aliphatic rings. The summed E-state index contributed by atoms with van der Waals surface area (Å²) in [4.78, 5) is 0. The second-order valence-corrected chi connectivity index (χ2v) is 4.09. The van der Waals surface area contributed by atoms with Gasteiger partial charge in [-0.15, -0.1) is 0 Å². The number of nitrogens with one attached hydrogen (secondary N) is 1. The minimum Gasteiger partial charge on any atom is -0.378 e. The fourth-order valence-electron chi connectivity index (χ4n) is 1.85. The topological polar surface area (TPSA) is 29.9 Å². The van der Waals surface area contributed by atoms with Crippen LogP contribution in [0.2, 0.25) is 0 Å². The molecule has 0 aliphatic carbocycles. The summed E-state index contributed by atoms with van der Waals surface area (Å²) in [7, 11) is 0. The van der Waals surface area contributed by atoms with Crippen LogP contribution < -0.4 is 5.32 Å². The number of aromatic nitrogens is 2. The van der Waals surface area contributed by atoms with Crippen LogP contribution in [0.15, 0.2) is 24.4 Å². The Bertz CT molecular complexity index is 529. The Morgan fingerprint density at radius 3 is 2.44 bits per heavy atom. The zero-order valence-corrected chi connectivity index (χ0v) is 10.4. The maximum Gasteiger partial charge on any atom is 0.126 e. The lowest BCUT2D eigenvalue weighted by atomic mass is 10.2. The van der Waals surface area contributed by atoms with E-state index in [4.69, 9.17) is 0 Å². The third-order valence-corrected chi connectivity index (χ3v) is 2.81. The maximum atomic E-state index is 13.0. The van der Waals surface area contributed by atoms with Crippen LogP contribution in [-0.2, 0) is 13.1 Å². The van der Waals surface area contributed by atoms with Crippen molar-refractivity contribution in [3.8, 4) is 0 Å². The van der Waals surface area contributed by atoms with Crippen molar-refractivity contribution in [2.45, 2.75) is 26.9 Å². The number of nitrogens with zero attached hydrogens (tertiary/aromatic N) is 2. The van der Waals surface area contributed by atoms with Crippen molar-refractivity contribution >= 4 is 5.69 Å². The Morgan fingerprint density at radius 2 is 1.89 bits per heavy atom. The van der Waals surface area contributed by atoms with Crippen molar-refractivity contribution in [2.75, 3.05) is 5.32 Å². The molecule has 5 heteroatoms. The van der Waals surface area contributed by atoms with Gasteiger partial charge in [0, 0.05) is 19.2 Å². The summed E-state index contributed by atoms with van der Waals surface area (Å²) in [6.07, 6.45) is 1.72. The van der Waals surface area contributed by atoms with Crippen LogP contribution in [0.1, 0.15) is 18.2 Å². The largest absolute Gasteiger partial charge is 0.378 e. The molecule has 0 aliphatic heterocycles. The highest BCUT2D eigenvalue weighted by Crippen LogP contribution is 2.15. The first kappa shape index (κ1) is 12.5. The van der Waals surface area contributed by atoms with Gasteiger partial charge in [0.05, 0.1) is 17.6 Å². The molecule has 1 aromatic heterocycles. The van der Waals surface area contributed by atoms with Crippen molar-refractivity contribution in [3.05, 3.63) is 47.3 Å². The summed E-state index contributed by atoms with van der Waals surface area (Å²) < 4.78 is 27.9. The van der Waals surface area contributed by atoms with E-state index in [1.807, 2.05) is 18.5 Å². The quantitative estimate of drug-likeness (QED) is 0.904. The Kier molecular flexibility index (Phi) is 3.60. The predicted octanol–water partition coefficient (Wildman–Crippen LogP) is 3.10. The van der Waals surface area contributed by atoms with Crippen LogP contribution in [0.5, 0.6) is 0 Å². The van der Waals surface area contributed by atoms with Crippen LogP contribution in [0, 0.1) is 18.6 Å². The fourth-order valence-corrected chi connectivity index (χ4v) is 1.85. The van der Waals surface area contributed by atoms with Crippen LogP contribution in [0.3, 0.4) is 0 Å². The average Bonchev–Trinajstić information content (AvgIpc) is 2.66. The highest BCUT2D eigenvalue weighted by atomic mass is 19.1. The molecule has 1 N–H and O–H groups in total. The van der Waals surface area contributed by atoms with E-state index in [1.54, 1.807) is 6.20 Å². The van der Waals surface area contributed by atoms with E-state index in [1.165, 1.54) is 12.1 Å². The third kappa shape index (κ3) is 2.67. The predicted molar refractivity (Wildman–Crippen MR) is 66.3 cm³/mol. The molecule has 0 fully saturated rings. The first-order valence-corrected chi connectivity index (χ1v) is 5.81. The van der Waals surface area contributed by atoms with E-state index < -0.39 is 11.6 Å². The highest BCUT2D eigenvalue weighted by molar-refractivity contribution is 5.46. The maximum absolute atomic E-state index is 13.0. The van der Waals surface area contributed by atoms with Gasteiger partial charge in [0.15, 0.2) is 0 Å². The summed E-state index contributed by atoms with van der Waals surface area (Å²) in [5.74, 6) is -1.12. The standard InChI is InChI=1S/C13H15F2N3/c1-3-18-9(2)13(8-17-18)16-7-10-4-11(14)6-12(15)5-10/h4-6,8,16H,3,7H2,1-2H3. The van der Waals surface area contributed by atoms with Gasteiger partial charge in [-0.2, -0.15) is 5.10 Å². The Labute approximate surface area is 104 Å². The van der Waals surface area contributed by atoms with E-state index in [0.717, 1.165) is 24.0 Å². The molecule has 2 aromatic rings. The Hall–Kier alpha value is -1.91. The molecule has 0 amide bonds. The summed E-state index contributed by atoms with van der Waals surface area (Å²) >= 11 is 0. The van der Waals surface area contributed by atoms with Gasteiger partial charge in [0.2, 0.25) is 0 Å². The molecule has 1 heterocycles. The van der Waals surface area contributed by atoms with Crippen LogP contribution in [-0.4, -0.2) is 9.78 Å². The molecule has 1 aromatic carbocycles. The number of aryl methyl sites for hydroxylation is 1. The fraction of sp³-hybridized carbons (Fsp3) is 0.308. The lowest BCUT2D eigenvalue weighted by Crippen LogP contribution is -2.03. The number of anilines is 1. The zero-order chi connectivity index (χ0) is 13.1. The monoisotopic (exact) mass is 251 g/mol. The van der Waals surface area contributed by atoms with Gasteiger partial charge in [0.25, 0.3) is 0 Å². The van der Waals surface area contributed by atoms with Gasteiger partial charge in [-0.25, -0.2) is 8.78 Å². The summed E-state index contributed by atoms with van der Waals surface area (Å²) in [6.45, 7) is 5.11. The van der Waals surface area contributed by atoms with Crippen molar-refractivity contribution in [2.24, 2.45) is 0 Å². The second kappa shape index (κ2) is 5.16. The SMILES string of the molecule is CCn1ncc(NCc2cc(F)cc(F)c2)c1C.